The lowest BCUT2D eigenvalue weighted by atomic mass is 9.98. The second-order valence-electron chi connectivity index (χ2n) is 4.86. The van der Waals surface area contributed by atoms with Gasteiger partial charge in [-0.25, -0.2) is 4.39 Å². The summed E-state index contributed by atoms with van der Waals surface area (Å²) in [5, 5.41) is -0.221. The molecule has 0 saturated heterocycles. The molecule has 19 heavy (non-hydrogen) atoms. The van der Waals surface area contributed by atoms with Crippen molar-refractivity contribution in [2.45, 2.75) is 25.1 Å². The number of rotatable bonds is 3. The van der Waals surface area contributed by atoms with E-state index in [-0.39, 0.29) is 10.4 Å². The second-order valence-corrected chi connectivity index (χ2v) is 5.70. The molecule has 0 aliphatic rings. The summed E-state index contributed by atoms with van der Waals surface area (Å²) in [4.78, 5) is 0. The number of benzene rings is 2. The van der Waals surface area contributed by atoms with E-state index in [1.807, 2.05) is 12.1 Å². The van der Waals surface area contributed by atoms with Crippen LogP contribution < -0.4 is 0 Å². The van der Waals surface area contributed by atoms with Crippen molar-refractivity contribution in [3.8, 4) is 0 Å². The molecule has 1 unspecified atom stereocenters. The molecular formula is C16H15Cl2F. The molecule has 0 bridgehead atoms. The third-order valence-corrected chi connectivity index (χ3v) is 3.93. The highest BCUT2D eigenvalue weighted by Crippen LogP contribution is 2.31. The third-order valence-electron chi connectivity index (χ3n) is 3.13. The Labute approximate surface area is 123 Å². The molecule has 0 heterocycles. The maximum absolute atomic E-state index is 13.1. The van der Waals surface area contributed by atoms with E-state index in [0.717, 1.165) is 11.1 Å². The molecule has 100 valence electrons. The Morgan fingerprint density at radius 2 is 1.42 bits per heavy atom. The van der Waals surface area contributed by atoms with Gasteiger partial charge in [-0.15, -0.1) is 11.6 Å². The molecule has 0 aromatic heterocycles. The predicted octanol–water partition coefficient (Wildman–Crippen LogP) is 5.93. The topological polar surface area (TPSA) is 0 Å². The first-order chi connectivity index (χ1) is 8.99. The van der Waals surface area contributed by atoms with Gasteiger partial charge in [0.25, 0.3) is 0 Å². The zero-order chi connectivity index (χ0) is 14.0. The summed E-state index contributed by atoms with van der Waals surface area (Å²) in [6.07, 6.45) is 0. The van der Waals surface area contributed by atoms with Crippen LogP contribution in [0.1, 0.15) is 41.8 Å². The fourth-order valence-corrected chi connectivity index (χ4v) is 2.38. The van der Waals surface area contributed by atoms with E-state index in [0.29, 0.717) is 5.92 Å². The highest BCUT2D eigenvalue weighted by Gasteiger charge is 2.13. The van der Waals surface area contributed by atoms with Gasteiger partial charge in [0.2, 0.25) is 0 Å². The van der Waals surface area contributed by atoms with Crippen molar-refractivity contribution in [2.24, 2.45) is 0 Å². The first kappa shape index (κ1) is 14.4. The Hall–Kier alpha value is -1.05. The maximum Gasteiger partial charge on any atom is 0.141 e. The quantitative estimate of drug-likeness (QED) is 0.616. The minimum atomic E-state index is -0.426. The van der Waals surface area contributed by atoms with E-state index >= 15 is 0 Å². The molecule has 0 saturated carbocycles. The van der Waals surface area contributed by atoms with Crippen LogP contribution in [0.5, 0.6) is 0 Å². The lowest BCUT2D eigenvalue weighted by Crippen LogP contribution is -1.95. The van der Waals surface area contributed by atoms with Crippen LogP contribution in [0.2, 0.25) is 5.02 Å². The molecule has 0 aliphatic carbocycles. The average Bonchev–Trinajstić information content (AvgIpc) is 2.41. The van der Waals surface area contributed by atoms with E-state index in [4.69, 9.17) is 23.2 Å². The minimum absolute atomic E-state index is 0.0990. The Morgan fingerprint density at radius 3 is 1.95 bits per heavy atom. The van der Waals surface area contributed by atoms with Crippen molar-refractivity contribution in [1.29, 1.82) is 0 Å². The van der Waals surface area contributed by atoms with Crippen molar-refractivity contribution >= 4 is 23.2 Å². The molecule has 0 nitrogen and oxygen atoms in total. The Morgan fingerprint density at radius 1 is 0.895 bits per heavy atom. The van der Waals surface area contributed by atoms with E-state index < -0.39 is 5.82 Å². The Kier molecular flexibility index (Phi) is 4.49. The summed E-state index contributed by atoms with van der Waals surface area (Å²) in [5.74, 6) is 0.0625. The first-order valence-electron chi connectivity index (χ1n) is 6.18. The van der Waals surface area contributed by atoms with Gasteiger partial charge < -0.3 is 0 Å². The van der Waals surface area contributed by atoms with Gasteiger partial charge in [-0.1, -0.05) is 55.8 Å². The summed E-state index contributed by atoms with van der Waals surface area (Å²) in [6.45, 7) is 4.29. The molecule has 0 spiro atoms. The van der Waals surface area contributed by atoms with Crippen LogP contribution in [0.25, 0.3) is 0 Å². The zero-order valence-corrected chi connectivity index (χ0v) is 12.3. The Balaban J connectivity index is 2.27. The van der Waals surface area contributed by atoms with Crippen molar-refractivity contribution in [2.75, 3.05) is 0 Å². The largest absolute Gasteiger partial charge is 0.205 e. The second kappa shape index (κ2) is 5.94. The van der Waals surface area contributed by atoms with Gasteiger partial charge >= 0.3 is 0 Å². The molecule has 3 heteroatoms. The normalized spacial score (nSPS) is 12.7. The van der Waals surface area contributed by atoms with Gasteiger partial charge in [0.15, 0.2) is 0 Å². The molecule has 2 aromatic carbocycles. The van der Waals surface area contributed by atoms with Gasteiger partial charge in [0.05, 0.1) is 10.4 Å². The molecule has 2 rings (SSSR count). The monoisotopic (exact) mass is 296 g/mol. The minimum Gasteiger partial charge on any atom is -0.205 e. The SMILES string of the molecule is CC(C)c1ccc(C(Cl)c2ccc(F)c(Cl)c2)cc1. The predicted molar refractivity (Wildman–Crippen MR) is 79.6 cm³/mol. The maximum atomic E-state index is 13.1. The van der Waals surface area contributed by atoms with Crippen LogP contribution in [-0.2, 0) is 0 Å². The molecule has 2 aromatic rings. The Bertz CT molecular complexity index is 561. The van der Waals surface area contributed by atoms with Crippen molar-refractivity contribution < 1.29 is 4.39 Å². The van der Waals surface area contributed by atoms with E-state index in [2.05, 4.69) is 26.0 Å². The number of hydrogen-bond acceptors (Lipinski definition) is 0. The summed E-state index contributed by atoms with van der Waals surface area (Å²) >= 11 is 12.2. The molecule has 0 N–H and O–H groups in total. The van der Waals surface area contributed by atoms with Gasteiger partial charge in [-0.3, -0.25) is 0 Å². The molecular weight excluding hydrogens is 282 g/mol. The van der Waals surface area contributed by atoms with Gasteiger partial charge in [0.1, 0.15) is 5.82 Å². The van der Waals surface area contributed by atoms with E-state index in [9.17, 15) is 4.39 Å². The molecule has 0 amide bonds. The van der Waals surface area contributed by atoms with Gasteiger partial charge in [0, 0.05) is 0 Å². The lowest BCUT2D eigenvalue weighted by Gasteiger charge is -2.13. The summed E-state index contributed by atoms with van der Waals surface area (Å²) in [6, 6.07) is 12.7. The number of alkyl halides is 1. The highest BCUT2D eigenvalue weighted by atomic mass is 35.5. The van der Waals surface area contributed by atoms with E-state index in [1.54, 1.807) is 12.1 Å². The van der Waals surface area contributed by atoms with Crippen molar-refractivity contribution in [3.63, 3.8) is 0 Å². The third kappa shape index (κ3) is 3.29. The molecule has 0 fully saturated rings. The summed E-state index contributed by atoms with van der Waals surface area (Å²) in [5.41, 5.74) is 3.05. The first-order valence-corrected chi connectivity index (χ1v) is 6.99. The van der Waals surface area contributed by atoms with Crippen LogP contribution in [0.4, 0.5) is 4.39 Å². The van der Waals surface area contributed by atoms with Crippen LogP contribution >= 0.6 is 23.2 Å². The lowest BCUT2D eigenvalue weighted by molar-refractivity contribution is 0.627. The zero-order valence-electron chi connectivity index (χ0n) is 10.8. The number of halogens is 3. The molecule has 0 aliphatic heterocycles. The summed E-state index contributed by atoms with van der Waals surface area (Å²) < 4.78 is 13.1. The smallest absolute Gasteiger partial charge is 0.141 e. The van der Waals surface area contributed by atoms with Crippen LogP contribution in [0.15, 0.2) is 42.5 Å². The van der Waals surface area contributed by atoms with Gasteiger partial charge in [-0.05, 0) is 34.7 Å². The van der Waals surface area contributed by atoms with Gasteiger partial charge in [-0.2, -0.15) is 0 Å². The fourth-order valence-electron chi connectivity index (χ4n) is 1.91. The van der Waals surface area contributed by atoms with Crippen LogP contribution in [-0.4, -0.2) is 0 Å². The fraction of sp³-hybridized carbons (Fsp3) is 0.250. The molecule has 1 atom stereocenters. The molecule has 0 radical (unpaired) electrons. The van der Waals surface area contributed by atoms with Crippen molar-refractivity contribution in [1.82, 2.24) is 0 Å². The van der Waals surface area contributed by atoms with Crippen LogP contribution in [0, 0.1) is 5.82 Å². The standard InChI is InChI=1S/C16H15Cl2F/c1-10(2)11-3-5-12(6-4-11)16(18)13-7-8-15(19)14(17)9-13/h3-10,16H,1-2H3. The average molecular weight is 297 g/mol. The summed E-state index contributed by atoms with van der Waals surface area (Å²) in [7, 11) is 0. The highest BCUT2D eigenvalue weighted by molar-refractivity contribution is 6.31. The van der Waals surface area contributed by atoms with Crippen molar-refractivity contribution in [3.05, 3.63) is 70.0 Å². The number of hydrogen-bond donors (Lipinski definition) is 0. The van der Waals surface area contributed by atoms with E-state index in [1.165, 1.54) is 11.6 Å². The van der Waals surface area contributed by atoms with Crippen LogP contribution in [0.3, 0.4) is 0 Å².